The number of amides is 2. The summed E-state index contributed by atoms with van der Waals surface area (Å²) in [7, 11) is 0. The number of rotatable bonds is 7. The van der Waals surface area contributed by atoms with E-state index in [1.165, 1.54) is 10.9 Å². The molecule has 2 N–H and O–H groups in total. The van der Waals surface area contributed by atoms with Crippen LogP contribution in [0.2, 0.25) is 0 Å². The molecule has 1 atom stereocenters. The topological polar surface area (TPSA) is 128 Å². The summed E-state index contributed by atoms with van der Waals surface area (Å²) in [6, 6.07) is 1.77. The highest BCUT2D eigenvalue weighted by atomic mass is 16.5. The Labute approximate surface area is 222 Å². The third-order valence-electron chi connectivity index (χ3n) is 6.63. The van der Waals surface area contributed by atoms with Crippen molar-refractivity contribution in [2.24, 2.45) is 10.9 Å². The number of carbonyl (C=O) groups is 3. The summed E-state index contributed by atoms with van der Waals surface area (Å²) in [5.74, 6) is -1.57. The maximum absolute atomic E-state index is 13.5. The lowest BCUT2D eigenvalue weighted by molar-refractivity contribution is -0.144. The molecule has 10 nitrogen and oxygen atoms in total. The number of aliphatic imine (C=N–C) groups is 1. The zero-order valence-electron chi connectivity index (χ0n) is 23.1. The van der Waals surface area contributed by atoms with Crippen molar-refractivity contribution in [2.75, 3.05) is 13.2 Å². The number of hydrogen-bond acceptors (Lipinski definition) is 7. The van der Waals surface area contributed by atoms with Gasteiger partial charge in [0.05, 0.1) is 35.4 Å². The molecule has 0 saturated heterocycles. The van der Waals surface area contributed by atoms with Crippen LogP contribution in [0.5, 0.6) is 0 Å². The minimum atomic E-state index is -0.514. The highest BCUT2D eigenvalue weighted by molar-refractivity contribution is 6.08. The smallest absolute Gasteiger partial charge is 0.327 e. The van der Waals surface area contributed by atoms with Gasteiger partial charge in [-0.3, -0.25) is 14.4 Å². The highest BCUT2D eigenvalue weighted by Gasteiger charge is 2.34. The standard InChI is InChI=1S/C28H36N6O4/c1-8-38-23(35)15-34-24-21(14-30-34)19(25(36)29-13-20-16(2)9-17(3)31-26(20)37)10-22(32-24)18-11-27(4,5)33-28(6,7)12-18/h9-11,14,20,33H,8,12-13,15H2,1-7H3,(H,29,36). The number of ether oxygens (including phenoxy) is 1. The monoisotopic (exact) mass is 520 g/mol. The van der Waals surface area contributed by atoms with Gasteiger partial charge in [0.25, 0.3) is 11.8 Å². The first-order chi connectivity index (χ1) is 17.8. The number of allylic oxidation sites excluding steroid dienone is 1. The van der Waals surface area contributed by atoms with Crippen LogP contribution in [-0.2, 0) is 20.9 Å². The molecule has 4 heterocycles. The second kappa shape index (κ2) is 10.2. The maximum Gasteiger partial charge on any atom is 0.327 e. The Morgan fingerprint density at radius 1 is 1.24 bits per heavy atom. The molecule has 2 aromatic rings. The van der Waals surface area contributed by atoms with Gasteiger partial charge in [-0.15, -0.1) is 0 Å². The van der Waals surface area contributed by atoms with Gasteiger partial charge in [-0.05, 0) is 72.6 Å². The van der Waals surface area contributed by atoms with Crippen LogP contribution < -0.4 is 10.6 Å². The molecule has 0 saturated carbocycles. The molecular formula is C28H36N6O4. The van der Waals surface area contributed by atoms with E-state index in [0.717, 1.165) is 11.1 Å². The second-order valence-corrected chi connectivity index (χ2v) is 11.2. The molecule has 10 heteroatoms. The Morgan fingerprint density at radius 2 is 1.97 bits per heavy atom. The molecule has 38 heavy (non-hydrogen) atoms. The maximum atomic E-state index is 13.5. The second-order valence-electron chi connectivity index (χ2n) is 11.2. The van der Waals surface area contributed by atoms with E-state index in [2.05, 4.69) is 54.5 Å². The van der Waals surface area contributed by atoms with Crippen LogP contribution in [-0.4, -0.2) is 62.5 Å². The average Bonchev–Trinajstić information content (AvgIpc) is 3.18. The zero-order chi connectivity index (χ0) is 27.8. The number of hydrogen-bond donors (Lipinski definition) is 2. The summed E-state index contributed by atoms with van der Waals surface area (Å²) in [6.07, 6.45) is 6.21. The zero-order valence-corrected chi connectivity index (χ0v) is 23.1. The fourth-order valence-corrected chi connectivity index (χ4v) is 5.37. The van der Waals surface area contributed by atoms with Gasteiger partial charge in [0, 0.05) is 23.3 Å². The molecule has 0 radical (unpaired) electrons. The molecule has 2 aliphatic heterocycles. The van der Waals surface area contributed by atoms with E-state index in [9.17, 15) is 14.4 Å². The minimum Gasteiger partial charge on any atom is -0.465 e. The van der Waals surface area contributed by atoms with Crippen molar-refractivity contribution >= 4 is 40.1 Å². The predicted molar refractivity (Wildman–Crippen MR) is 146 cm³/mol. The van der Waals surface area contributed by atoms with Crippen LogP contribution in [0.4, 0.5) is 0 Å². The molecule has 0 aromatic carbocycles. The lowest BCUT2D eigenvalue weighted by atomic mass is 9.82. The van der Waals surface area contributed by atoms with Crippen molar-refractivity contribution in [3.05, 3.63) is 41.2 Å². The number of nitrogens with one attached hydrogen (secondary N) is 2. The van der Waals surface area contributed by atoms with Crippen molar-refractivity contribution < 1.29 is 19.1 Å². The molecule has 0 aliphatic carbocycles. The van der Waals surface area contributed by atoms with E-state index in [0.29, 0.717) is 34.4 Å². The highest BCUT2D eigenvalue weighted by Crippen LogP contribution is 2.34. The largest absolute Gasteiger partial charge is 0.465 e. The first kappa shape index (κ1) is 27.4. The van der Waals surface area contributed by atoms with E-state index in [4.69, 9.17) is 9.72 Å². The number of dihydropyridines is 1. The summed E-state index contributed by atoms with van der Waals surface area (Å²) in [5, 5.41) is 11.4. The van der Waals surface area contributed by atoms with Crippen molar-refractivity contribution in [1.29, 1.82) is 0 Å². The average molecular weight is 521 g/mol. The van der Waals surface area contributed by atoms with Crippen LogP contribution in [0.25, 0.3) is 16.6 Å². The lowest BCUT2D eigenvalue weighted by Gasteiger charge is -2.41. The quantitative estimate of drug-likeness (QED) is 0.537. The van der Waals surface area contributed by atoms with Crippen LogP contribution in [0, 0.1) is 5.92 Å². The molecule has 202 valence electrons. The Kier molecular flexibility index (Phi) is 7.38. The summed E-state index contributed by atoms with van der Waals surface area (Å²) in [6.45, 7) is 14.1. The third-order valence-corrected chi connectivity index (χ3v) is 6.63. The van der Waals surface area contributed by atoms with E-state index in [1.807, 2.05) is 13.0 Å². The Morgan fingerprint density at radius 3 is 2.63 bits per heavy atom. The van der Waals surface area contributed by atoms with E-state index < -0.39 is 11.9 Å². The van der Waals surface area contributed by atoms with Gasteiger partial charge in [0.15, 0.2) is 5.65 Å². The first-order valence-corrected chi connectivity index (χ1v) is 12.9. The van der Waals surface area contributed by atoms with Crippen molar-refractivity contribution in [3.8, 4) is 0 Å². The molecular weight excluding hydrogens is 484 g/mol. The fraction of sp³-hybridized carbons (Fsp3) is 0.500. The molecule has 2 aliphatic rings. The summed E-state index contributed by atoms with van der Waals surface area (Å²) in [5.41, 5.74) is 3.46. The molecule has 0 bridgehead atoms. The van der Waals surface area contributed by atoms with Crippen molar-refractivity contribution in [3.63, 3.8) is 0 Å². The lowest BCUT2D eigenvalue weighted by Crippen LogP contribution is -2.53. The number of nitrogens with zero attached hydrogens (tertiary/aromatic N) is 4. The van der Waals surface area contributed by atoms with Crippen molar-refractivity contribution in [1.82, 2.24) is 25.4 Å². The van der Waals surface area contributed by atoms with Gasteiger partial charge in [-0.2, -0.15) is 5.10 Å². The Hall–Kier alpha value is -3.66. The van der Waals surface area contributed by atoms with Gasteiger partial charge in [-0.25, -0.2) is 14.7 Å². The van der Waals surface area contributed by atoms with Gasteiger partial charge >= 0.3 is 5.97 Å². The Bertz CT molecular complexity index is 1400. The van der Waals surface area contributed by atoms with Gasteiger partial charge in [0.1, 0.15) is 6.54 Å². The number of aromatic nitrogens is 3. The fourth-order valence-electron chi connectivity index (χ4n) is 5.37. The SMILES string of the molecule is CCOC(=O)Cn1ncc2c(C(=O)NCC3C(=O)N=C(C)C=C3C)cc(C3=CC(C)(C)NC(C)(C)C3)nc21. The number of esters is 1. The van der Waals surface area contributed by atoms with Gasteiger partial charge in [0.2, 0.25) is 0 Å². The van der Waals surface area contributed by atoms with Crippen LogP contribution in [0.15, 0.2) is 35.0 Å². The minimum absolute atomic E-state index is 0.121. The number of fused-ring (bicyclic) bond motifs is 1. The molecule has 0 fully saturated rings. The first-order valence-electron chi connectivity index (χ1n) is 12.9. The molecule has 2 aromatic heterocycles. The number of carbonyl (C=O) groups excluding carboxylic acids is 3. The number of pyridine rings is 1. The van der Waals surface area contributed by atoms with E-state index >= 15 is 0 Å². The third kappa shape index (κ3) is 5.91. The van der Waals surface area contributed by atoms with Crippen LogP contribution >= 0.6 is 0 Å². The van der Waals surface area contributed by atoms with Gasteiger partial charge in [-0.1, -0.05) is 11.6 Å². The molecule has 2 amide bonds. The Balaban J connectivity index is 1.74. The molecule has 0 spiro atoms. The summed E-state index contributed by atoms with van der Waals surface area (Å²) >= 11 is 0. The van der Waals surface area contributed by atoms with Crippen molar-refractivity contribution in [2.45, 2.75) is 72.5 Å². The molecule has 4 rings (SSSR count). The van der Waals surface area contributed by atoms with Crippen LogP contribution in [0.1, 0.15) is 70.9 Å². The predicted octanol–water partition coefficient (Wildman–Crippen LogP) is 3.22. The van der Waals surface area contributed by atoms with Crippen LogP contribution in [0.3, 0.4) is 0 Å². The van der Waals surface area contributed by atoms with E-state index in [1.54, 1.807) is 19.9 Å². The molecule has 1 unspecified atom stereocenters. The summed E-state index contributed by atoms with van der Waals surface area (Å²) in [4.78, 5) is 47.1. The van der Waals surface area contributed by atoms with E-state index in [-0.39, 0.29) is 42.6 Å². The van der Waals surface area contributed by atoms with Gasteiger partial charge < -0.3 is 15.4 Å². The normalized spacial score (nSPS) is 20.4. The summed E-state index contributed by atoms with van der Waals surface area (Å²) < 4.78 is 6.56.